The molecule has 2 nitrogen and oxygen atoms in total. The molecule has 1 fully saturated rings. The Balaban J connectivity index is 1.44. The molecule has 1 aliphatic rings. The first-order chi connectivity index (χ1) is 14.1. The van der Waals surface area contributed by atoms with Crippen molar-refractivity contribution < 1.29 is 9.47 Å². The van der Waals surface area contributed by atoms with Gasteiger partial charge in [0.25, 0.3) is 0 Å². The average Bonchev–Trinajstić information content (AvgIpc) is 3.16. The molecule has 0 saturated carbocycles. The molecule has 1 saturated heterocycles. The van der Waals surface area contributed by atoms with Crippen molar-refractivity contribution in [2.24, 2.45) is 0 Å². The van der Waals surface area contributed by atoms with Crippen LogP contribution in [-0.2, 0) is 22.3 Å². The van der Waals surface area contributed by atoms with E-state index in [0.717, 1.165) is 21.8 Å². The molecule has 1 heterocycles. The fourth-order valence-corrected chi connectivity index (χ4v) is 4.90. The third-order valence-electron chi connectivity index (χ3n) is 5.49. The fraction of sp³-hybridized carbons (Fsp3) is 0.200. The largest absolute Gasteiger partial charge is 0.347 e. The highest BCUT2D eigenvalue weighted by molar-refractivity contribution is 9.10. The molecule has 0 atom stereocenters. The van der Waals surface area contributed by atoms with Crippen molar-refractivity contribution in [1.29, 1.82) is 0 Å². The zero-order chi connectivity index (χ0) is 19.8. The highest BCUT2D eigenvalue weighted by Crippen LogP contribution is 2.31. The summed E-state index contributed by atoms with van der Waals surface area (Å²) >= 11 is 7.09. The second kappa shape index (κ2) is 7.84. The smallest absolute Gasteiger partial charge is 0.176 e. The fourth-order valence-electron chi connectivity index (χ4n) is 4.14. The van der Waals surface area contributed by atoms with Crippen molar-refractivity contribution in [2.75, 3.05) is 13.2 Å². The van der Waals surface area contributed by atoms with Gasteiger partial charge in [0, 0.05) is 21.8 Å². The predicted octanol–water partition coefficient (Wildman–Crippen LogP) is 7.05. The molecule has 0 N–H and O–H groups in total. The van der Waals surface area contributed by atoms with E-state index < -0.39 is 5.79 Å². The zero-order valence-electron chi connectivity index (χ0n) is 15.8. The van der Waals surface area contributed by atoms with Crippen molar-refractivity contribution in [3.05, 3.63) is 92.9 Å². The SMILES string of the molecule is Brc1ccc2cc(CC3(Cc4ccc5cc(Br)ccc5c4)OCCO3)ccc2c1. The van der Waals surface area contributed by atoms with Crippen molar-refractivity contribution >= 4 is 53.4 Å². The molecular weight excluding hydrogens is 492 g/mol. The van der Waals surface area contributed by atoms with E-state index in [-0.39, 0.29) is 0 Å². The number of benzene rings is 4. The first kappa shape index (κ1) is 19.3. The molecule has 5 rings (SSSR count). The maximum atomic E-state index is 6.17. The Labute approximate surface area is 187 Å². The van der Waals surface area contributed by atoms with Gasteiger partial charge in [0.05, 0.1) is 13.2 Å². The Morgan fingerprint density at radius 3 is 1.48 bits per heavy atom. The quantitative estimate of drug-likeness (QED) is 0.292. The van der Waals surface area contributed by atoms with Crippen LogP contribution in [0.5, 0.6) is 0 Å². The van der Waals surface area contributed by atoms with Gasteiger partial charge in [-0.3, -0.25) is 0 Å². The Bertz CT molecular complexity index is 1110. The number of fused-ring (bicyclic) bond motifs is 2. The van der Waals surface area contributed by atoms with Crippen molar-refractivity contribution in [3.8, 4) is 0 Å². The van der Waals surface area contributed by atoms with Gasteiger partial charge in [-0.05, 0) is 56.9 Å². The molecule has 0 aliphatic carbocycles. The third kappa shape index (κ3) is 4.13. The van der Waals surface area contributed by atoms with E-state index in [1.165, 1.54) is 32.7 Å². The Morgan fingerprint density at radius 2 is 1.00 bits per heavy atom. The molecule has 0 spiro atoms. The summed E-state index contributed by atoms with van der Waals surface area (Å²) in [6, 6.07) is 25.9. The molecule has 4 aromatic rings. The molecule has 0 bridgehead atoms. The molecule has 0 amide bonds. The van der Waals surface area contributed by atoms with Gasteiger partial charge >= 0.3 is 0 Å². The standard InChI is InChI=1S/C25H20Br2O2/c26-23-7-5-19-11-17(1-3-21(19)13-23)15-25(28-9-10-29-25)16-18-2-4-22-14-24(27)8-6-20(22)12-18/h1-8,11-14H,9-10,15-16H2. The molecule has 0 radical (unpaired) electrons. The van der Waals surface area contributed by atoms with Gasteiger partial charge in [0.1, 0.15) is 0 Å². The number of halogens is 2. The summed E-state index contributed by atoms with van der Waals surface area (Å²) in [6.45, 7) is 1.28. The van der Waals surface area contributed by atoms with E-state index in [4.69, 9.17) is 9.47 Å². The van der Waals surface area contributed by atoms with Gasteiger partial charge < -0.3 is 9.47 Å². The van der Waals surface area contributed by atoms with E-state index >= 15 is 0 Å². The number of rotatable bonds is 4. The molecule has 29 heavy (non-hydrogen) atoms. The molecule has 4 aromatic carbocycles. The van der Waals surface area contributed by atoms with E-state index in [9.17, 15) is 0 Å². The van der Waals surface area contributed by atoms with Crippen LogP contribution in [0.1, 0.15) is 11.1 Å². The highest BCUT2D eigenvalue weighted by Gasteiger charge is 2.37. The summed E-state index contributed by atoms with van der Waals surface area (Å²) < 4.78 is 14.5. The summed E-state index contributed by atoms with van der Waals surface area (Å²) in [5.74, 6) is -0.605. The summed E-state index contributed by atoms with van der Waals surface area (Å²) in [5, 5.41) is 4.92. The Kier molecular flexibility index (Phi) is 5.21. The van der Waals surface area contributed by atoms with Gasteiger partial charge in [-0.1, -0.05) is 80.4 Å². The van der Waals surface area contributed by atoms with Crippen molar-refractivity contribution in [1.82, 2.24) is 0 Å². The van der Waals surface area contributed by atoms with Crippen LogP contribution in [0.15, 0.2) is 81.7 Å². The molecule has 4 heteroatoms. The lowest BCUT2D eigenvalue weighted by Crippen LogP contribution is -2.35. The lowest BCUT2D eigenvalue weighted by atomic mass is 9.95. The van der Waals surface area contributed by atoms with E-state index in [2.05, 4.69) is 105 Å². The Morgan fingerprint density at radius 1 is 0.586 bits per heavy atom. The first-order valence-electron chi connectivity index (χ1n) is 9.73. The van der Waals surface area contributed by atoms with Crippen LogP contribution in [-0.4, -0.2) is 19.0 Å². The molecule has 146 valence electrons. The Hall–Kier alpha value is -1.72. The van der Waals surface area contributed by atoms with Crippen LogP contribution >= 0.6 is 31.9 Å². The van der Waals surface area contributed by atoms with E-state index in [0.29, 0.717) is 13.2 Å². The van der Waals surface area contributed by atoms with Gasteiger partial charge in [0.15, 0.2) is 5.79 Å². The monoisotopic (exact) mass is 510 g/mol. The van der Waals surface area contributed by atoms with Crippen LogP contribution in [0, 0.1) is 0 Å². The molecule has 0 unspecified atom stereocenters. The number of ether oxygens (including phenoxy) is 2. The second-order valence-corrected chi connectivity index (χ2v) is 9.44. The summed E-state index contributed by atoms with van der Waals surface area (Å²) in [6.07, 6.45) is 1.47. The van der Waals surface area contributed by atoms with Crippen molar-refractivity contribution in [3.63, 3.8) is 0 Å². The highest BCUT2D eigenvalue weighted by atomic mass is 79.9. The third-order valence-corrected chi connectivity index (χ3v) is 6.48. The average molecular weight is 512 g/mol. The topological polar surface area (TPSA) is 18.5 Å². The first-order valence-corrected chi connectivity index (χ1v) is 11.3. The predicted molar refractivity (Wildman–Crippen MR) is 125 cm³/mol. The van der Waals surface area contributed by atoms with Crippen LogP contribution < -0.4 is 0 Å². The minimum absolute atomic E-state index is 0.605. The van der Waals surface area contributed by atoms with E-state index in [1.54, 1.807) is 0 Å². The van der Waals surface area contributed by atoms with Gasteiger partial charge in [-0.15, -0.1) is 0 Å². The van der Waals surface area contributed by atoms with E-state index in [1.807, 2.05) is 0 Å². The summed E-state index contributed by atoms with van der Waals surface area (Å²) in [4.78, 5) is 0. The van der Waals surface area contributed by atoms with Crippen LogP contribution in [0.25, 0.3) is 21.5 Å². The summed E-state index contributed by atoms with van der Waals surface area (Å²) in [7, 11) is 0. The molecule has 1 aliphatic heterocycles. The zero-order valence-corrected chi connectivity index (χ0v) is 19.0. The maximum Gasteiger partial charge on any atom is 0.176 e. The van der Waals surface area contributed by atoms with Gasteiger partial charge in [-0.2, -0.15) is 0 Å². The maximum absolute atomic E-state index is 6.17. The van der Waals surface area contributed by atoms with Crippen LogP contribution in [0.4, 0.5) is 0 Å². The second-order valence-electron chi connectivity index (χ2n) is 7.61. The molecule has 0 aromatic heterocycles. The number of hydrogen-bond donors (Lipinski definition) is 0. The lowest BCUT2D eigenvalue weighted by molar-refractivity contribution is -0.154. The minimum Gasteiger partial charge on any atom is -0.347 e. The summed E-state index contributed by atoms with van der Waals surface area (Å²) in [5.41, 5.74) is 2.46. The van der Waals surface area contributed by atoms with Crippen molar-refractivity contribution in [2.45, 2.75) is 18.6 Å². The van der Waals surface area contributed by atoms with Crippen LogP contribution in [0.2, 0.25) is 0 Å². The van der Waals surface area contributed by atoms with Gasteiger partial charge in [-0.25, -0.2) is 0 Å². The van der Waals surface area contributed by atoms with Crippen LogP contribution in [0.3, 0.4) is 0 Å². The number of hydrogen-bond acceptors (Lipinski definition) is 2. The normalized spacial score (nSPS) is 15.9. The lowest BCUT2D eigenvalue weighted by Gasteiger charge is -2.28. The minimum atomic E-state index is -0.605. The molecular formula is C25H20Br2O2. The van der Waals surface area contributed by atoms with Gasteiger partial charge in [0.2, 0.25) is 0 Å².